The SMILES string of the molecule is CC(C)c1ccc(C(C)C)[nH]1.CC(C)c1ccc(C(C)C)nc1.CC(C)c1ccc(C(C)C)nc1.CC(C)c1ccn(C(C)C)c1. The Bertz CT molecular complexity index is 1130. The summed E-state index contributed by atoms with van der Waals surface area (Å²) < 4.78 is 2.25. The van der Waals surface area contributed by atoms with E-state index in [1.165, 1.54) is 39.5 Å². The van der Waals surface area contributed by atoms with Crippen LogP contribution in [0.4, 0.5) is 0 Å². The minimum atomic E-state index is 0.534. The number of pyridine rings is 2. The summed E-state index contributed by atoms with van der Waals surface area (Å²) in [5.74, 6) is 4.11. The predicted octanol–water partition coefficient (Wildman–Crippen LogP) is 13.1. The molecule has 0 radical (unpaired) electrons. The zero-order valence-corrected chi connectivity index (χ0v) is 32.3. The molecule has 0 atom stereocenters. The smallest absolute Gasteiger partial charge is 0.0429 e. The van der Waals surface area contributed by atoms with Crippen molar-refractivity contribution in [3.8, 4) is 0 Å². The van der Waals surface area contributed by atoms with Crippen LogP contribution >= 0.6 is 0 Å². The van der Waals surface area contributed by atoms with E-state index in [1.54, 1.807) is 0 Å². The number of nitrogens with one attached hydrogen (secondary N) is 1. The van der Waals surface area contributed by atoms with Crippen molar-refractivity contribution in [3.05, 3.63) is 107 Å². The fourth-order valence-electron chi connectivity index (χ4n) is 4.40. The summed E-state index contributed by atoms with van der Waals surface area (Å²) in [6.45, 7) is 35.1. The predicted molar refractivity (Wildman–Crippen MR) is 203 cm³/mol. The molecule has 0 saturated carbocycles. The summed E-state index contributed by atoms with van der Waals surface area (Å²) in [7, 11) is 0. The summed E-state index contributed by atoms with van der Waals surface area (Å²) in [5.41, 5.74) is 9.11. The molecule has 4 nitrogen and oxygen atoms in total. The molecule has 0 unspecified atom stereocenters. The number of rotatable bonds is 8. The molecular weight excluding hydrogens is 560 g/mol. The van der Waals surface area contributed by atoms with Crippen LogP contribution in [-0.4, -0.2) is 19.5 Å². The normalized spacial score (nSPS) is 11.3. The van der Waals surface area contributed by atoms with Crippen LogP contribution in [0.1, 0.15) is 198 Å². The minimum Gasteiger partial charge on any atom is -0.362 e. The van der Waals surface area contributed by atoms with E-state index in [9.17, 15) is 0 Å². The highest BCUT2D eigenvalue weighted by molar-refractivity contribution is 5.20. The van der Waals surface area contributed by atoms with Crippen molar-refractivity contribution in [2.24, 2.45) is 0 Å². The maximum absolute atomic E-state index is 4.40. The van der Waals surface area contributed by atoms with Crippen LogP contribution in [0.5, 0.6) is 0 Å². The molecule has 1 N–H and O–H groups in total. The number of aromatic amines is 1. The van der Waals surface area contributed by atoms with Gasteiger partial charge in [0.2, 0.25) is 0 Å². The quantitative estimate of drug-likeness (QED) is 0.211. The third-order valence-electron chi connectivity index (χ3n) is 8.11. The van der Waals surface area contributed by atoms with Crippen LogP contribution in [0, 0.1) is 0 Å². The van der Waals surface area contributed by atoms with Gasteiger partial charge >= 0.3 is 0 Å². The second kappa shape index (κ2) is 20.2. The Balaban J connectivity index is 0.000000307. The maximum atomic E-state index is 4.40. The molecule has 0 saturated heterocycles. The zero-order chi connectivity index (χ0) is 35.1. The van der Waals surface area contributed by atoms with E-state index >= 15 is 0 Å². The summed E-state index contributed by atoms with van der Waals surface area (Å²) in [6, 6.07) is 15.7. The molecule has 0 aliphatic rings. The van der Waals surface area contributed by atoms with Gasteiger partial charge in [-0.2, -0.15) is 0 Å². The number of aromatic nitrogens is 4. The standard InChI is InChI=1S/2C11H17N.2C10H17N/c2*1-8(2)10-5-6-11(9(3)4)12-7-10;1-8(2)10-5-6-11(7-10)9(3)4;1-7(2)9-5-6-10(11-9)8(3)4/h2*5-9H,1-4H3;5-9H,1-4H3;5-8,11H,1-4H3. The maximum Gasteiger partial charge on any atom is 0.0429 e. The van der Waals surface area contributed by atoms with Crippen molar-refractivity contribution in [1.82, 2.24) is 19.5 Å². The van der Waals surface area contributed by atoms with Gasteiger partial charge < -0.3 is 9.55 Å². The van der Waals surface area contributed by atoms with E-state index in [0.29, 0.717) is 47.5 Å². The highest BCUT2D eigenvalue weighted by Gasteiger charge is 2.06. The first-order chi connectivity index (χ1) is 21.4. The average molecular weight is 629 g/mol. The van der Waals surface area contributed by atoms with Gasteiger partial charge in [-0.1, -0.05) is 109 Å². The van der Waals surface area contributed by atoms with E-state index < -0.39 is 0 Å². The molecule has 46 heavy (non-hydrogen) atoms. The van der Waals surface area contributed by atoms with Gasteiger partial charge in [-0.3, -0.25) is 9.97 Å². The molecule has 0 fully saturated rings. The Kier molecular flexibility index (Phi) is 17.9. The summed E-state index contributed by atoms with van der Waals surface area (Å²) in [5, 5.41) is 0. The van der Waals surface area contributed by atoms with E-state index in [0.717, 1.165) is 0 Å². The first-order valence-corrected chi connectivity index (χ1v) is 17.7. The summed E-state index contributed by atoms with van der Waals surface area (Å²) in [6.07, 6.45) is 8.36. The Labute approximate surface area is 283 Å². The van der Waals surface area contributed by atoms with Gasteiger partial charge in [0, 0.05) is 53.6 Å². The van der Waals surface area contributed by atoms with E-state index in [4.69, 9.17) is 0 Å². The second-order valence-electron chi connectivity index (χ2n) is 15.0. The lowest BCUT2D eigenvalue weighted by atomic mass is 10.0. The van der Waals surface area contributed by atoms with Gasteiger partial charge in [0.25, 0.3) is 0 Å². The number of H-pyrrole nitrogens is 1. The second-order valence-corrected chi connectivity index (χ2v) is 15.0. The Morgan fingerprint density at radius 2 is 0.826 bits per heavy atom. The van der Waals surface area contributed by atoms with Crippen LogP contribution < -0.4 is 0 Å². The Morgan fingerprint density at radius 3 is 1.02 bits per heavy atom. The van der Waals surface area contributed by atoms with E-state index in [1.807, 2.05) is 12.4 Å². The van der Waals surface area contributed by atoms with Crippen molar-refractivity contribution in [1.29, 1.82) is 0 Å². The summed E-state index contributed by atoms with van der Waals surface area (Å²) >= 11 is 0. The molecule has 0 bridgehead atoms. The molecule has 0 aromatic carbocycles. The summed E-state index contributed by atoms with van der Waals surface area (Å²) in [4.78, 5) is 12.2. The van der Waals surface area contributed by atoms with Crippen molar-refractivity contribution >= 4 is 0 Å². The molecule has 4 aromatic heterocycles. The lowest BCUT2D eigenvalue weighted by molar-refractivity contribution is 0.601. The van der Waals surface area contributed by atoms with Gasteiger partial charge in [-0.15, -0.1) is 0 Å². The third kappa shape index (κ3) is 14.5. The van der Waals surface area contributed by atoms with E-state index in [-0.39, 0.29) is 0 Å². The molecule has 4 heterocycles. The van der Waals surface area contributed by atoms with Gasteiger partial charge in [-0.05, 0) is 102 Å². The van der Waals surface area contributed by atoms with Crippen molar-refractivity contribution in [2.75, 3.05) is 0 Å². The Morgan fingerprint density at radius 1 is 0.435 bits per heavy atom. The lowest BCUT2D eigenvalue weighted by Gasteiger charge is -2.07. The molecule has 256 valence electrons. The monoisotopic (exact) mass is 629 g/mol. The molecule has 4 rings (SSSR count). The van der Waals surface area contributed by atoms with Crippen LogP contribution in [0.3, 0.4) is 0 Å². The number of hydrogen-bond donors (Lipinski definition) is 1. The zero-order valence-electron chi connectivity index (χ0n) is 32.3. The van der Waals surface area contributed by atoms with Crippen molar-refractivity contribution < 1.29 is 0 Å². The van der Waals surface area contributed by atoms with E-state index in [2.05, 4.69) is 185 Å². The topological polar surface area (TPSA) is 46.5 Å². The molecule has 4 heteroatoms. The van der Waals surface area contributed by atoms with Crippen LogP contribution in [0.25, 0.3) is 0 Å². The van der Waals surface area contributed by atoms with Crippen molar-refractivity contribution in [2.45, 2.75) is 158 Å². The third-order valence-corrected chi connectivity index (χ3v) is 8.11. The number of nitrogens with zero attached hydrogens (tertiary/aromatic N) is 3. The van der Waals surface area contributed by atoms with Crippen LogP contribution in [-0.2, 0) is 0 Å². The fraction of sp³-hybridized carbons (Fsp3) is 0.571. The van der Waals surface area contributed by atoms with Crippen molar-refractivity contribution in [3.63, 3.8) is 0 Å². The first kappa shape index (κ1) is 40.9. The average Bonchev–Trinajstić information content (AvgIpc) is 3.70. The largest absolute Gasteiger partial charge is 0.362 e. The molecule has 0 spiro atoms. The van der Waals surface area contributed by atoms with Gasteiger partial charge in [0.05, 0.1) is 0 Å². The van der Waals surface area contributed by atoms with Gasteiger partial charge in [0.1, 0.15) is 0 Å². The molecule has 0 aliphatic carbocycles. The fourth-order valence-corrected chi connectivity index (χ4v) is 4.40. The van der Waals surface area contributed by atoms with Crippen LogP contribution in [0.15, 0.2) is 67.3 Å². The highest BCUT2D eigenvalue weighted by Crippen LogP contribution is 2.20. The first-order valence-electron chi connectivity index (χ1n) is 17.7. The molecule has 0 amide bonds. The van der Waals surface area contributed by atoms with Gasteiger partial charge in [0.15, 0.2) is 0 Å². The number of hydrogen-bond acceptors (Lipinski definition) is 2. The molecule has 4 aromatic rings. The highest BCUT2D eigenvalue weighted by atomic mass is 15.0. The minimum absolute atomic E-state index is 0.534. The lowest BCUT2D eigenvalue weighted by Crippen LogP contribution is -1.96. The van der Waals surface area contributed by atoms with Crippen LogP contribution in [0.2, 0.25) is 0 Å². The Hall–Kier alpha value is -3.14. The molecular formula is C42H68N4. The van der Waals surface area contributed by atoms with Gasteiger partial charge in [-0.25, -0.2) is 0 Å². The molecule has 0 aliphatic heterocycles.